The fourth-order valence-electron chi connectivity index (χ4n) is 8.28. The molecule has 50 heavy (non-hydrogen) atoms. The van der Waals surface area contributed by atoms with Crippen molar-refractivity contribution in [1.29, 1.82) is 0 Å². The first-order valence-electron chi connectivity index (χ1n) is 17.0. The van der Waals surface area contributed by atoms with Gasteiger partial charge in [0, 0.05) is 55.2 Å². The maximum Gasteiger partial charge on any atom is 0.261 e. The number of nitrogens with one attached hydrogen (secondary N) is 1. The quantitative estimate of drug-likeness (QED) is 0.223. The Morgan fingerprint density at radius 2 is 1.88 bits per heavy atom. The van der Waals surface area contributed by atoms with Gasteiger partial charge in [0.15, 0.2) is 17.6 Å². The molecule has 0 radical (unpaired) electrons. The van der Waals surface area contributed by atoms with Gasteiger partial charge in [0.05, 0.1) is 7.11 Å². The van der Waals surface area contributed by atoms with Crippen LogP contribution in [0.3, 0.4) is 0 Å². The maximum absolute atomic E-state index is 14.4. The van der Waals surface area contributed by atoms with Crippen LogP contribution in [0.4, 0.5) is 5.69 Å². The SMILES string of the molecule is CCc1c(N2CCN(C(=O)c3c(O)ccc4ncoc34)CC2)c(=O)c2sc(-c3ccnc(OC)c3)nc2n1CC(=O)NC12CC(C(C)C)(C1)C2. The average Bonchev–Trinajstić information content (AvgIpc) is 3.75. The van der Waals surface area contributed by atoms with Gasteiger partial charge in [-0.2, -0.15) is 0 Å². The van der Waals surface area contributed by atoms with Crippen LogP contribution in [0.25, 0.3) is 32.0 Å². The second kappa shape index (κ2) is 11.8. The van der Waals surface area contributed by atoms with Crippen LogP contribution in [0.5, 0.6) is 11.6 Å². The number of nitrogens with zero attached hydrogens (tertiary/aromatic N) is 6. The average molecular weight is 698 g/mol. The zero-order valence-corrected chi connectivity index (χ0v) is 29.3. The van der Waals surface area contributed by atoms with E-state index in [0.29, 0.717) is 76.4 Å². The maximum atomic E-state index is 14.4. The van der Waals surface area contributed by atoms with Crippen molar-refractivity contribution in [3.8, 4) is 22.2 Å². The molecular weight excluding hydrogens is 659 g/mol. The van der Waals surface area contributed by atoms with Gasteiger partial charge in [-0.3, -0.25) is 14.4 Å². The van der Waals surface area contributed by atoms with E-state index in [9.17, 15) is 19.5 Å². The monoisotopic (exact) mass is 697 g/mol. The van der Waals surface area contributed by atoms with Gasteiger partial charge in [-0.25, -0.2) is 15.0 Å². The first-order valence-corrected chi connectivity index (χ1v) is 17.8. The molecule has 2 N–H and O–H groups in total. The van der Waals surface area contributed by atoms with Crippen LogP contribution in [0, 0.1) is 11.3 Å². The van der Waals surface area contributed by atoms with E-state index in [4.69, 9.17) is 14.1 Å². The van der Waals surface area contributed by atoms with E-state index in [1.54, 1.807) is 30.3 Å². The Hall–Kier alpha value is -4.98. The molecule has 13 nitrogen and oxygen atoms in total. The number of aromatic hydroxyl groups is 1. The molecule has 5 aromatic rings. The van der Waals surface area contributed by atoms with Crippen molar-refractivity contribution < 1.29 is 23.8 Å². The van der Waals surface area contributed by atoms with Gasteiger partial charge in [-0.1, -0.05) is 20.8 Å². The Labute approximate surface area is 291 Å². The first-order chi connectivity index (χ1) is 24.0. The molecule has 3 aliphatic carbocycles. The van der Waals surface area contributed by atoms with Crippen molar-refractivity contribution in [3.63, 3.8) is 0 Å². The second-order valence-electron chi connectivity index (χ2n) is 14.1. The Kier molecular flexibility index (Phi) is 7.62. The zero-order valence-electron chi connectivity index (χ0n) is 28.5. The summed E-state index contributed by atoms with van der Waals surface area (Å²) in [5.74, 6) is 0.394. The van der Waals surface area contributed by atoms with E-state index in [2.05, 4.69) is 29.1 Å². The second-order valence-corrected chi connectivity index (χ2v) is 15.1. The van der Waals surface area contributed by atoms with Crippen molar-refractivity contribution in [2.75, 3.05) is 38.2 Å². The topological polar surface area (TPSA) is 156 Å². The highest BCUT2D eigenvalue weighted by Crippen LogP contribution is 2.70. The highest BCUT2D eigenvalue weighted by Gasteiger charge is 2.69. The molecule has 1 aliphatic heterocycles. The summed E-state index contributed by atoms with van der Waals surface area (Å²) >= 11 is 1.29. The lowest BCUT2D eigenvalue weighted by molar-refractivity contribution is -0.187. The van der Waals surface area contributed by atoms with Crippen LogP contribution in [0.1, 0.15) is 56.1 Å². The third-order valence-electron chi connectivity index (χ3n) is 11.0. The molecule has 2 amide bonds. The number of ether oxygens (including phenoxy) is 1. The van der Waals surface area contributed by atoms with Gasteiger partial charge in [0.1, 0.15) is 38.8 Å². The number of carbonyl (C=O) groups excluding carboxylic acids is 2. The Morgan fingerprint density at radius 3 is 2.58 bits per heavy atom. The number of phenols is 1. The molecule has 0 atom stereocenters. The lowest BCUT2D eigenvalue weighted by Gasteiger charge is -2.72. The number of hydrogen-bond acceptors (Lipinski definition) is 11. The largest absolute Gasteiger partial charge is 0.507 e. The minimum absolute atomic E-state index is 0.0329. The summed E-state index contributed by atoms with van der Waals surface area (Å²) in [6.07, 6.45) is 6.40. The van der Waals surface area contributed by atoms with Gasteiger partial charge >= 0.3 is 0 Å². The number of phenolic OH excluding ortho intramolecular Hbond substituents is 1. The third kappa shape index (κ3) is 5.02. The number of pyridine rings is 2. The Bertz CT molecular complexity index is 2210. The standard InChI is InChI=1S/C36H39N7O6S/c1-5-23-28(41-10-12-42(13-11-41)34(47)27-24(44)7-6-22-30(27)49-19-38-22)29(46)31-32(39-33(50-31)21-8-9-37-26(14-21)48-4)43(23)15-25(45)40-36-16-35(17-36,18-36)20(2)3/h6-9,14,19-20,44H,5,10-13,15-18H2,1-4H3,(H,40,45). The van der Waals surface area contributed by atoms with E-state index in [1.165, 1.54) is 23.8 Å². The summed E-state index contributed by atoms with van der Waals surface area (Å²) in [4.78, 5) is 58.8. The van der Waals surface area contributed by atoms with Crippen molar-refractivity contribution in [1.82, 2.24) is 29.7 Å². The molecule has 3 saturated carbocycles. The molecule has 1 saturated heterocycles. The number of carbonyl (C=O) groups is 2. The van der Waals surface area contributed by atoms with Crippen LogP contribution in [-0.2, 0) is 17.8 Å². The number of rotatable bonds is 9. The van der Waals surface area contributed by atoms with E-state index in [0.717, 1.165) is 30.5 Å². The first kappa shape index (κ1) is 32.2. The van der Waals surface area contributed by atoms with Crippen molar-refractivity contribution >= 4 is 50.3 Å². The summed E-state index contributed by atoms with van der Waals surface area (Å²) in [5, 5.41) is 14.5. The predicted octanol–water partition coefficient (Wildman–Crippen LogP) is 4.60. The molecule has 0 unspecified atom stereocenters. The van der Waals surface area contributed by atoms with E-state index < -0.39 is 0 Å². The smallest absolute Gasteiger partial charge is 0.261 e. The number of methoxy groups -OCH3 is 1. The number of benzene rings is 1. The Morgan fingerprint density at radius 1 is 1.12 bits per heavy atom. The number of hydrogen-bond donors (Lipinski definition) is 2. The summed E-state index contributed by atoms with van der Waals surface area (Å²) in [5.41, 5.74) is 3.34. The van der Waals surface area contributed by atoms with Crippen LogP contribution >= 0.6 is 11.3 Å². The molecule has 0 spiro atoms. The number of amides is 2. The van der Waals surface area contributed by atoms with Crippen molar-refractivity contribution in [3.05, 3.63) is 58.3 Å². The zero-order chi connectivity index (χ0) is 34.9. The Balaban J connectivity index is 1.13. The number of piperazine rings is 1. The molecular formula is C36H39N7O6S. The summed E-state index contributed by atoms with van der Waals surface area (Å²) < 4.78 is 13.2. The van der Waals surface area contributed by atoms with E-state index >= 15 is 0 Å². The van der Waals surface area contributed by atoms with Crippen LogP contribution < -0.4 is 20.4 Å². The van der Waals surface area contributed by atoms with E-state index in [-0.39, 0.29) is 46.2 Å². The predicted molar refractivity (Wildman–Crippen MR) is 189 cm³/mol. The lowest BCUT2D eigenvalue weighted by Crippen LogP contribution is -2.76. The summed E-state index contributed by atoms with van der Waals surface area (Å²) in [6.45, 7) is 7.92. The van der Waals surface area contributed by atoms with Gasteiger partial charge in [-0.15, -0.1) is 11.3 Å². The van der Waals surface area contributed by atoms with E-state index in [1.807, 2.05) is 22.5 Å². The number of thiazole rings is 1. The molecule has 4 aromatic heterocycles. The van der Waals surface area contributed by atoms with Gasteiger partial charge in [0.2, 0.25) is 17.2 Å². The summed E-state index contributed by atoms with van der Waals surface area (Å²) in [7, 11) is 1.55. The lowest BCUT2D eigenvalue weighted by atomic mass is 9.36. The fraction of sp³-hybridized carbons (Fsp3) is 0.444. The van der Waals surface area contributed by atoms with Gasteiger partial charge < -0.3 is 33.9 Å². The van der Waals surface area contributed by atoms with Crippen LogP contribution in [0.2, 0.25) is 0 Å². The van der Waals surface area contributed by atoms with Crippen molar-refractivity contribution in [2.24, 2.45) is 11.3 Å². The fourth-order valence-corrected chi connectivity index (χ4v) is 9.28. The number of fused-ring (bicyclic) bond motifs is 2. The molecule has 2 bridgehead atoms. The highest BCUT2D eigenvalue weighted by atomic mass is 32.1. The number of oxazole rings is 1. The molecule has 4 aliphatic rings. The molecule has 14 heteroatoms. The third-order valence-corrected chi connectivity index (χ3v) is 12.1. The van der Waals surface area contributed by atoms with Crippen LogP contribution in [0.15, 0.2) is 46.1 Å². The van der Waals surface area contributed by atoms with Gasteiger partial charge in [-0.05, 0) is 55.2 Å². The molecule has 260 valence electrons. The minimum Gasteiger partial charge on any atom is -0.507 e. The highest BCUT2D eigenvalue weighted by molar-refractivity contribution is 7.21. The minimum atomic E-state index is -0.363. The van der Waals surface area contributed by atoms with Crippen LogP contribution in [-0.4, -0.2) is 80.2 Å². The summed E-state index contributed by atoms with van der Waals surface area (Å²) in [6, 6.07) is 6.65. The molecule has 1 aromatic carbocycles. The number of aromatic nitrogens is 4. The molecule has 5 heterocycles. The molecule has 4 fully saturated rings. The number of anilines is 1. The normalized spacial score (nSPS) is 21.4. The molecule has 9 rings (SSSR count). The van der Waals surface area contributed by atoms with Crippen molar-refractivity contribution in [2.45, 2.75) is 58.5 Å². The van der Waals surface area contributed by atoms with Gasteiger partial charge in [0.25, 0.3) is 5.91 Å².